The maximum atomic E-state index is 12.6. The molecule has 0 unspecified atom stereocenters. The van der Waals surface area contributed by atoms with Crippen molar-refractivity contribution < 1.29 is 33.6 Å². The average Bonchev–Trinajstić information content (AvgIpc) is 2.76. The molecule has 3 aromatic rings. The van der Waals surface area contributed by atoms with E-state index in [0.717, 1.165) is 0 Å². The van der Waals surface area contributed by atoms with Crippen LogP contribution in [0.15, 0.2) is 29.1 Å². The van der Waals surface area contributed by atoms with Gasteiger partial charge in [0.25, 0.3) is 5.56 Å². The minimum Gasteiger partial charge on any atom is -0.493 e. The molecule has 9 nitrogen and oxygen atoms in total. The molecule has 1 aromatic heterocycles. The molecule has 2 aromatic carbocycles. The summed E-state index contributed by atoms with van der Waals surface area (Å²) in [4.78, 5) is 27.0. The van der Waals surface area contributed by atoms with Crippen molar-refractivity contribution in [1.82, 2.24) is 4.98 Å². The van der Waals surface area contributed by atoms with Crippen LogP contribution in [0.5, 0.6) is 28.7 Å². The van der Waals surface area contributed by atoms with Crippen LogP contribution < -0.4 is 29.2 Å². The number of carboxylic acids is 1. The summed E-state index contributed by atoms with van der Waals surface area (Å²) < 4.78 is 26.7. The molecule has 0 aliphatic carbocycles. The molecule has 2 N–H and O–H groups in total. The second-order valence-corrected chi connectivity index (χ2v) is 6.18. The molecule has 10 heteroatoms. The molecular weight excluding hydrogens is 417 g/mol. The zero-order valence-corrected chi connectivity index (χ0v) is 20.1. The Morgan fingerprint density at radius 2 is 1.26 bits per heavy atom. The van der Waals surface area contributed by atoms with Gasteiger partial charge in [-0.1, -0.05) is 0 Å². The predicted molar refractivity (Wildman–Crippen MR) is 115 cm³/mol. The van der Waals surface area contributed by atoms with Gasteiger partial charge in [-0.2, -0.15) is 0 Å². The molecule has 0 amide bonds. The van der Waals surface area contributed by atoms with Gasteiger partial charge in [-0.3, -0.25) is 4.79 Å². The van der Waals surface area contributed by atoms with Gasteiger partial charge in [-0.15, -0.1) is 0 Å². The molecule has 0 spiro atoms. The largest absolute Gasteiger partial charge is 0.493 e. The van der Waals surface area contributed by atoms with E-state index >= 15 is 0 Å². The van der Waals surface area contributed by atoms with E-state index in [-0.39, 0.29) is 46.2 Å². The third-order valence-corrected chi connectivity index (χ3v) is 4.69. The van der Waals surface area contributed by atoms with Crippen molar-refractivity contribution in [2.75, 3.05) is 35.5 Å². The van der Waals surface area contributed by atoms with E-state index in [9.17, 15) is 14.7 Å². The van der Waals surface area contributed by atoms with E-state index in [1.807, 2.05) is 0 Å². The van der Waals surface area contributed by atoms with Crippen LogP contribution in [0.4, 0.5) is 0 Å². The van der Waals surface area contributed by atoms with Crippen LogP contribution in [-0.2, 0) is 0 Å². The number of aromatic nitrogens is 1. The maximum absolute atomic E-state index is 12.6. The second kappa shape index (κ2) is 9.95. The van der Waals surface area contributed by atoms with E-state index in [1.54, 1.807) is 18.2 Å². The number of hydrogen-bond donors (Lipinski definition) is 2. The second-order valence-electron chi connectivity index (χ2n) is 6.18. The van der Waals surface area contributed by atoms with Gasteiger partial charge in [-0.25, -0.2) is 4.79 Å². The van der Waals surface area contributed by atoms with E-state index in [1.165, 1.54) is 41.6 Å². The zero-order valence-electron chi connectivity index (χ0n) is 18.1. The number of fused-ring (bicyclic) bond motifs is 1. The van der Waals surface area contributed by atoms with Crippen LogP contribution >= 0.6 is 0 Å². The van der Waals surface area contributed by atoms with Crippen molar-refractivity contribution in [3.63, 3.8) is 0 Å². The Morgan fingerprint density at radius 1 is 0.774 bits per heavy atom. The molecule has 0 saturated heterocycles. The average molecular weight is 438 g/mol. The topological polar surface area (TPSA) is 116 Å². The summed E-state index contributed by atoms with van der Waals surface area (Å²) in [6.45, 7) is 0. The van der Waals surface area contributed by atoms with Crippen LogP contribution in [0.3, 0.4) is 0 Å². The van der Waals surface area contributed by atoms with Crippen LogP contribution in [0.1, 0.15) is 10.5 Å². The first kappa shape index (κ1) is 24.4. The minimum atomic E-state index is -1.30. The molecule has 0 aliphatic heterocycles. The van der Waals surface area contributed by atoms with Crippen LogP contribution in [0, 0.1) is 0 Å². The summed E-state index contributed by atoms with van der Waals surface area (Å²) in [6, 6.07) is 6.28. The smallest absolute Gasteiger partial charge is 0.353 e. The molecule has 0 bridgehead atoms. The number of H-pyrrole nitrogens is 1. The monoisotopic (exact) mass is 438 g/mol. The number of rotatable bonds is 7. The van der Waals surface area contributed by atoms with Crippen molar-refractivity contribution in [3.8, 4) is 39.9 Å². The van der Waals surface area contributed by atoms with Crippen molar-refractivity contribution in [3.05, 3.63) is 40.3 Å². The third-order valence-electron chi connectivity index (χ3n) is 4.69. The molecule has 0 fully saturated rings. The number of nitrogens with one attached hydrogen (secondary N) is 1. The quantitative estimate of drug-likeness (QED) is 0.541. The predicted octanol–water partition coefficient (Wildman–Crippen LogP) is 2.56. The molecule has 0 aliphatic rings. The maximum Gasteiger partial charge on any atom is 0.353 e. The molecule has 0 saturated carbocycles. The van der Waals surface area contributed by atoms with E-state index in [0.29, 0.717) is 39.7 Å². The van der Waals surface area contributed by atoms with E-state index in [4.69, 9.17) is 23.7 Å². The van der Waals surface area contributed by atoms with Gasteiger partial charge in [0.05, 0.1) is 40.9 Å². The summed E-state index contributed by atoms with van der Waals surface area (Å²) >= 11 is 0. The fraction of sp³-hybridized carbons (Fsp3) is 0.238. The molecular formula is C21H21NNaO8. The van der Waals surface area contributed by atoms with Crippen LogP contribution in [0.25, 0.3) is 21.9 Å². The van der Waals surface area contributed by atoms with E-state index < -0.39 is 11.5 Å². The van der Waals surface area contributed by atoms with Gasteiger partial charge in [0, 0.05) is 40.5 Å². The number of benzene rings is 2. The number of carbonyl (C=O) groups is 1. The summed E-state index contributed by atoms with van der Waals surface area (Å²) in [5.41, 5.74) is -0.152. The first-order valence-corrected chi connectivity index (χ1v) is 8.75. The number of pyridine rings is 1. The van der Waals surface area contributed by atoms with Gasteiger partial charge in [0.1, 0.15) is 5.69 Å². The third kappa shape index (κ3) is 4.30. The first-order chi connectivity index (χ1) is 14.4. The Hall–Kier alpha value is -2.88. The molecule has 1 radical (unpaired) electrons. The molecule has 1 heterocycles. The van der Waals surface area contributed by atoms with Crippen LogP contribution in [-0.4, -0.2) is 81.2 Å². The van der Waals surface area contributed by atoms with Gasteiger partial charge in [0.2, 0.25) is 5.75 Å². The Kier molecular flexibility index (Phi) is 7.83. The normalized spacial score (nSPS) is 10.2. The van der Waals surface area contributed by atoms with Gasteiger partial charge < -0.3 is 33.8 Å². The fourth-order valence-corrected chi connectivity index (χ4v) is 3.34. The molecule has 0 atom stereocenters. The fourth-order valence-electron chi connectivity index (χ4n) is 3.34. The number of carboxylic acid groups (broad SMARTS) is 1. The number of aromatic amines is 1. The van der Waals surface area contributed by atoms with Gasteiger partial charge in [0.15, 0.2) is 23.0 Å². The SMILES string of the molecule is COc1cc2c(-c3cc(OC)c(OC)c(OC)c3)c(C(=O)O)[nH]c(=O)c2cc1OC.[Na]. The van der Waals surface area contributed by atoms with Crippen LogP contribution in [0.2, 0.25) is 0 Å². The number of ether oxygens (including phenoxy) is 5. The number of hydrogen-bond acceptors (Lipinski definition) is 7. The minimum absolute atomic E-state index is 0. The van der Waals surface area contributed by atoms with Gasteiger partial charge >= 0.3 is 5.97 Å². The summed E-state index contributed by atoms with van der Waals surface area (Å²) in [6.07, 6.45) is 0. The first-order valence-electron chi connectivity index (χ1n) is 8.75. The Balaban J connectivity index is 0.00000341. The summed E-state index contributed by atoms with van der Waals surface area (Å²) in [5.74, 6) is 0.419. The Morgan fingerprint density at radius 3 is 1.68 bits per heavy atom. The Labute approximate surface area is 200 Å². The summed E-state index contributed by atoms with van der Waals surface area (Å²) in [7, 11) is 7.28. The number of methoxy groups -OCH3 is 5. The van der Waals surface area contributed by atoms with Gasteiger partial charge in [-0.05, 0) is 29.8 Å². The standard InChI is InChI=1S/C21H21NO8.Na/c1-26-13-8-11-12(9-14(13)27-2)20(23)22-18(21(24)25)17(11)10-6-15(28-3)19(30-5)16(7-10)29-4;/h6-9H,1-5H3,(H,22,23)(H,24,25);. The van der Waals surface area contributed by atoms with Crippen molar-refractivity contribution in [2.45, 2.75) is 0 Å². The van der Waals surface area contributed by atoms with Crippen molar-refractivity contribution in [2.24, 2.45) is 0 Å². The number of aromatic carboxylic acids is 1. The Bertz CT molecular complexity index is 1160. The molecule has 3 rings (SSSR count). The molecule has 31 heavy (non-hydrogen) atoms. The zero-order chi connectivity index (χ0) is 22.0. The van der Waals surface area contributed by atoms with Crippen molar-refractivity contribution in [1.29, 1.82) is 0 Å². The molecule has 159 valence electrons. The van der Waals surface area contributed by atoms with E-state index in [2.05, 4.69) is 4.98 Å². The van der Waals surface area contributed by atoms with Crippen molar-refractivity contribution >= 4 is 46.3 Å². The summed E-state index contributed by atoms with van der Waals surface area (Å²) in [5, 5.41) is 10.4.